The van der Waals surface area contributed by atoms with Crippen LogP contribution in [-0.2, 0) is 0 Å². The fourth-order valence-electron chi connectivity index (χ4n) is 2.38. The van der Waals surface area contributed by atoms with E-state index in [2.05, 4.69) is 10.6 Å². The molecule has 4 nitrogen and oxygen atoms in total. The van der Waals surface area contributed by atoms with Gasteiger partial charge in [0, 0.05) is 16.9 Å². The highest BCUT2D eigenvalue weighted by molar-refractivity contribution is 6.04. The molecule has 3 rings (SSSR count). The van der Waals surface area contributed by atoms with Crippen molar-refractivity contribution in [1.29, 1.82) is 0 Å². The number of halogens is 3. The molecule has 0 saturated heterocycles. The van der Waals surface area contributed by atoms with E-state index in [-0.39, 0.29) is 11.6 Å². The molecule has 0 fully saturated rings. The number of hydrogen-bond acceptors (Lipinski definition) is 3. The van der Waals surface area contributed by atoms with E-state index in [9.17, 15) is 18.0 Å². The molecule has 3 aromatic carbocycles. The van der Waals surface area contributed by atoms with E-state index in [1.165, 1.54) is 7.11 Å². The normalized spacial score (nSPS) is 10.4. The summed E-state index contributed by atoms with van der Waals surface area (Å²) in [4.78, 5) is 12.3. The highest BCUT2D eigenvalue weighted by Gasteiger charge is 2.13. The number of carbonyl (C=O) groups is 1. The second kappa shape index (κ2) is 7.82. The summed E-state index contributed by atoms with van der Waals surface area (Å²) < 4.78 is 45.0. The van der Waals surface area contributed by atoms with Crippen LogP contribution in [0.25, 0.3) is 0 Å². The lowest BCUT2D eigenvalue weighted by Crippen LogP contribution is -2.11. The minimum Gasteiger partial charge on any atom is -0.497 e. The summed E-state index contributed by atoms with van der Waals surface area (Å²) in [6.45, 7) is 0. The largest absolute Gasteiger partial charge is 0.497 e. The number of benzene rings is 3. The number of nitrogens with one attached hydrogen (secondary N) is 2. The summed E-state index contributed by atoms with van der Waals surface area (Å²) in [6, 6.07) is 15.0. The lowest BCUT2D eigenvalue weighted by atomic mass is 10.2. The quantitative estimate of drug-likeness (QED) is 0.612. The van der Waals surface area contributed by atoms with Crippen molar-refractivity contribution in [1.82, 2.24) is 0 Å². The summed E-state index contributed by atoms with van der Waals surface area (Å²) in [5.74, 6) is -3.85. The molecule has 0 aliphatic rings. The average Bonchev–Trinajstić information content (AvgIpc) is 2.70. The lowest BCUT2D eigenvalue weighted by Gasteiger charge is -2.10. The van der Waals surface area contributed by atoms with Crippen molar-refractivity contribution in [2.24, 2.45) is 0 Å². The molecule has 1 amide bonds. The number of amides is 1. The topological polar surface area (TPSA) is 50.4 Å². The van der Waals surface area contributed by atoms with Crippen LogP contribution in [0.5, 0.6) is 5.75 Å². The van der Waals surface area contributed by atoms with Crippen molar-refractivity contribution in [2.45, 2.75) is 0 Å². The van der Waals surface area contributed by atoms with Gasteiger partial charge >= 0.3 is 0 Å². The minimum atomic E-state index is -1.54. The fraction of sp³-hybridized carbons (Fsp3) is 0.0500. The first-order chi connectivity index (χ1) is 13.0. The molecule has 0 heterocycles. The van der Waals surface area contributed by atoms with E-state index in [4.69, 9.17) is 4.74 Å². The zero-order chi connectivity index (χ0) is 19.4. The third kappa shape index (κ3) is 4.20. The Morgan fingerprint density at radius 3 is 2.30 bits per heavy atom. The minimum absolute atomic E-state index is 0.193. The van der Waals surface area contributed by atoms with Crippen molar-refractivity contribution in [2.75, 3.05) is 17.7 Å². The van der Waals surface area contributed by atoms with Crippen LogP contribution in [0.3, 0.4) is 0 Å². The molecule has 0 aliphatic heterocycles. The molecule has 27 heavy (non-hydrogen) atoms. The van der Waals surface area contributed by atoms with E-state index in [0.717, 1.165) is 12.1 Å². The standard InChI is InChI=1S/C20H15F3N2O2/c1-27-15-4-2-3-12(11-15)20(26)25-14-7-5-13(6-8-14)24-17-10-9-16(21)18(22)19(17)23/h2-11,24H,1H3,(H,25,26). The molecular formula is C20H15F3N2O2. The molecule has 0 bridgehead atoms. The predicted molar refractivity (Wildman–Crippen MR) is 97.0 cm³/mol. The molecule has 7 heteroatoms. The third-order valence-corrected chi connectivity index (χ3v) is 3.79. The second-order valence-corrected chi connectivity index (χ2v) is 5.61. The Labute approximate surface area is 153 Å². The molecule has 2 N–H and O–H groups in total. The van der Waals surface area contributed by atoms with Crippen LogP contribution in [0, 0.1) is 17.5 Å². The van der Waals surface area contributed by atoms with Gasteiger partial charge in [-0.3, -0.25) is 4.79 Å². The fourth-order valence-corrected chi connectivity index (χ4v) is 2.38. The first-order valence-corrected chi connectivity index (χ1v) is 7.94. The molecule has 0 unspecified atom stereocenters. The van der Waals surface area contributed by atoms with Crippen molar-refractivity contribution in [3.8, 4) is 5.75 Å². The highest BCUT2D eigenvalue weighted by Crippen LogP contribution is 2.24. The van der Waals surface area contributed by atoms with Crippen LogP contribution >= 0.6 is 0 Å². The Bertz CT molecular complexity index is 975. The first-order valence-electron chi connectivity index (χ1n) is 7.94. The van der Waals surface area contributed by atoms with Gasteiger partial charge in [0.2, 0.25) is 0 Å². The van der Waals surface area contributed by atoms with Gasteiger partial charge in [-0.05, 0) is 54.6 Å². The van der Waals surface area contributed by atoms with E-state index in [1.807, 2.05) is 0 Å². The van der Waals surface area contributed by atoms with Gasteiger partial charge in [-0.2, -0.15) is 0 Å². The van der Waals surface area contributed by atoms with Gasteiger partial charge in [-0.1, -0.05) is 6.07 Å². The Morgan fingerprint density at radius 2 is 1.59 bits per heavy atom. The Kier molecular flexibility index (Phi) is 5.30. The maximum absolute atomic E-state index is 13.7. The summed E-state index contributed by atoms with van der Waals surface area (Å²) in [5, 5.41) is 5.38. The summed E-state index contributed by atoms with van der Waals surface area (Å²) in [6.07, 6.45) is 0. The van der Waals surface area contributed by atoms with Crippen LogP contribution in [0.2, 0.25) is 0 Å². The van der Waals surface area contributed by atoms with Gasteiger partial charge in [0.05, 0.1) is 12.8 Å². The summed E-state index contributed by atoms with van der Waals surface area (Å²) in [7, 11) is 1.51. The van der Waals surface area contributed by atoms with E-state index in [1.54, 1.807) is 48.5 Å². The zero-order valence-electron chi connectivity index (χ0n) is 14.2. The van der Waals surface area contributed by atoms with E-state index >= 15 is 0 Å². The Balaban J connectivity index is 1.70. The second-order valence-electron chi connectivity index (χ2n) is 5.61. The molecule has 0 aromatic heterocycles. The molecule has 0 aliphatic carbocycles. The number of anilines is 3. The number of rotatable bonds is 5. The summed E-state index contributed by atoms with van der Waals surface area (Å²) in [5.41, 5.74) is 1.20. The Morgan fingerprint density at radius 1 is 0.889 bits per heavy atom. The van der Waals surface area contributed by atoms with Gasteiger partial charge < -0.3 is 15.4 Å². The van der Waals surface area contributed by atoms with Crippen LogP contribution < -0.4 is 15.4 Å². The van der Waals surface area contributed by atoms with Crippen LogP contribution in [0.15, 0.2) is 60.7 Å². The van der Waals surface area contributed by atoms with Crippen LogP contribution in [-0.4, -0.2) is 13.0 Å². The molecular weight excluding hydrogens is 357 g/mol. The third-order valence-electron chi connectivity index (χ3n) is 3.79. The van der Waals surface area contributed by atoms with Gasteiger partial charge in [-0.15, -0.1) is 0 Å². The number of carbonyl (C=O) groups excluding carboxylic acids is 1. The van der Waals surface area contributed by atoms with Crippen molar-refractivity contribution < 1.29 is 22.7 Å². The number of methoxy groups -OCH3 is 1. The number of hydrogen-bond donors (Lipinski definition) is 2. The molecule has 0 radical (unpaired) electrons. The molecule has 138 valence electrons. The van der Waals surface area contributed by atoms with Gasteiger partial charge in [0.25, 0.3) is 5.91 Å². The predicted octanol–water partition coefficient (Wildman–Crippen LogP) is 5.11. The molecule has 0 spiro atoms. The molecule has 0 atom stereocenters. The Hall–Kier alpha value is -3.48. The van der Waals surface area contributed by atoms with Gasteiger partial charge in [-0.25, -0.2) is 13.2 Å². The van der Waals surface area contributed by atoms with Gasteiger partial charge in [0.1, 0.15) is 5.75 Å². The highest BCUT2D eigenvalue weighted by atomic mass is 19.2. The molecule has 0 saturated carbocycles. The number of ether oxygens (including phenoxy) is 1. The van der Waals surface area contributed by atoms with Crippen molar-refractivity contribution in [3.63, 3.8) is 0 Å². The van der Waals surface area contributed by atoms with Gasteiger partial charge in [0.15, 0.2) is 17.5 Å². The zero-order valence-corrected chi connectivity index (χ0v) is 14.2. The van der Waals surface area contributed by atoms with Crippen molar-refractivity contribution in [3.05, 3.63) is 83.7 Å². The monoisotopic (exact) mass is 372 g/mol. The average molecular weight is 372 g/mol. The maximum atomic E-state index is 13.7. The molecule has 3 aromatic rings. The lowest BCUT2D eigenvalue weighted by molar-refractivity contribution is 0.102. The van der Waals surface area contributed by atoms with E-state index in [0.29, 0.717) is 22.7 Å². The van der Waals surface area contributed by atoms with Crippen LogP contribution in [0.1, 0.15) is 10.4 Å². The first kappa shape index (κ1) is 18.3. The van der Waals surface area contributed by atoms with E-state index < -0.39 is 17.5 Å². The SMILES string of the molecule is COc1cccc(C(=O)Nc2ccc(Nc3ccc(F)c(F)c3F)cc2)c1. The maximum Gasteiger partial charge on any atom is 0.255 e. The van der Waals surface area contributed by atoms with Crippen molar-refractivity contribution >= 4 is 23.0 Å². The smallest absolute Gasteiger partial charge is 0.255 e. The van der Waals surface area contributed by atoms with Crippen LogP contribution in [0.4, 0.5) is 30.2 Å². The summed E-state index contributed by atoms with van der Waals surface area (Å²) >= 11 is 0.